The first-order valence-corrected chi connectivity index (χ1v) is 8.81. The number of morpholine rings is 1. The highest BCUT2D eigenvalue weighted by atomic mass is 16.5. The minimum Gasteiger partial charge on any atom is -0.378 e. The van der Waals surface area contributed by atoms with Gasteiger partial charge >= 0.3 is 0 Å². The summed E-state index contributed by atoms with van der Waals surface area (Å²) in [5, 5.41) is 8.05. The molecule has 1 aromatic carbocycles. The second-order valence-corrected chi connectivity index (χ2v) is 6.58. The predicted molar refractivity (Wildman–Crippen MR) is 97.3 cm³/mol. The van der Waals surface area contributed by atoms with Crippen LogP contribution in [0.3, 0.4) is 0 Å². The number of rotatable bonds is 4. The Morgan fingerprint density at radius 3 is 2.67 bits per heavy atom. The number of carbonyl (C=O) groups excluding carboxylic acids is 1. The zero-order valence-corrected chi connectivity index (χ0v) is 15.0. The molecular weight excluding hydrogens is 348 g/mol. The number of hydrogen-bond donors (Lipinski definition) is 0. The van der Waals surface area contributed by atoms with Crippen LogP contribution in [0.25, 0.3) is 11.2 Å². The zero-order valence-electron chi connectivity index (χ0n) is 15.0. The van der Waals surface area contributed by atoms with Crippen molar-refractivity contribution in [3.8, 4) is 0 Å². The molecule has 0 unspecified atom stereocenters. The molecule has 140 valence electrons. The van der Waals surface area contributed by atoms with Crippen molar-refractivity contribution in [2.75, 3.05) is 26.3 Å². The number of amides is 1. The van der Waals surface area contributed by atoms with Gasteiger partial charge in [-0.2, -0.15) is 0 Å². The van der Waals surface area contributed by atoms with E-state index in [1.54, 1.807) is 9.58 Å². The highest BCUT2D eigenvalue weighted by Crippen LogP contribution is 2.09. The third kappa shape index (κ3) is 3.59. The molecule has 0 radical (unpaired) electrons. The van der Waals surface area contributed by atoms with Crippen molar-refractivity contribution < 1.29 is 9.53 Å². The number of fused-ring (bicyclic) bond motifs is 1. The zero-order chi connectivity index (χ0) is 18.8. The molecule has 3 heterocycles. The highest BCUT2D eigenvalue weighted by molar-refractivity contribution is 5.76. The molecule has 0 spiro atoms. The van der Waals surface area contributed by atoms with E-state index < -0.39 is 0 Å². The van der Waals surface area contributed by atoms with Crippen LogP contribution >= 0.6 is 0 Å². The van der Waals surface area contributed by atoms with E-state index in [0.717, 1.165) is 5.56 Å². The molecule has 4 rings (SSSR count). The van der Waals surface area contributed by atoms with Gasteiger partial charge in [0.25, 0.3) is 5.56 Å². The Morgan fingerprint density at radius 2 is 1.93 bits per heavy atom. The van der Waals surface area contributed by atoms with Crippen molar-refractivity contribution >= 4 is 17.1 Å². The molecule has 0 atom stereocenters. The van der Waals surface area contributed by atoms with Crippen molar-refractivity contribution in [2.24, 2.45) is 0 Å². The first kappa shape index (κ1) is 17.3. The van der Waals surface area contributed by atoms with Gasteiger partial charge in [0.15, 0.2) is 11.2 Å². The number of ether oxygens (including phenoxy) is 1. The van der Waals surface area contributed by atoms with Gasteiger partial charge < -0.3 is 9.64 Å². The van der Waals surface area contributed by atoms with E-state index >= 15 is 0 Å². The predicted octanol–water partition coefficient (Wildman–Crippen LogP) is 0.204. The fourth-order valence-corrected chi connectivity index (χ4v) is 3.03. The lowest BCUT2D eigenvalue weighted by Crippen LogP contribution is -2.43. The summed E-state index contributed by atoms with van der Waals surface area (Å²) in [6.07, 6.45) is 1.39. The van der Waals surface area contributed by atoms with Crippen LogP contribution in [0.5, 0.6) is 0 Å². The molecule has 1 amide bonds. The molecule has 1 fully saturated rings. The van der Waals surface area contributed by atoms with E-state index in [2.05, 4.69) is 15.3 Å². The number of aryl methyl sites for hydroxylation is 1. The van der Waals surface area contributed by atoms with E-state index in [1.807, 2.05) is 31.2 Å². The van der Waals surface area contributed by atoms with Gasteiger partial charge in [0, 0.05) is 13.1 Å². The maximum absolute atomic E-state index is 12.7. The molecule has 2 aromatic heterocycles. The van der Waals surface area contributed by atoms with Crippen LogP contribution in [0.15, 0.2) is 35.4 Å². The smallest absolute Gasteiger partial charge is 0.283 e. The topological polar surface area (TPSA) is 95.1 Å². The summed E-state index contributed by atoms with van der Waals surface area (Å²) in [6.45, 7) is 4.55. The number of hydrogen-bond acceptors (Lipinski definition) is 6. The first-order chi connectivity index (χ1) is 13.1. The van der Waals surface area contributed by atoms with Crippen molar-refractivity contribution in [1.29, 1.82) is 0 Å². The van der Waals surface area contributed by atoms with Crippen LogP contribution in [-0.2, 0) is 22.6 Å². The lowest BCUT2D eigenvalue weighted by Gasteiger charge is -2.26. The number of nitrogens with zero attached hydrogens (tertiary/aromatic N) is 6. The Balaban J connectivity index is 1.56. The van der Waals surface area contributed by atoms with Gasteiger partial charge in [-0.1, -0.05) is 35.0 Å². The summed E-state index contributed by atoms with van der Waals surface area (Å²) < 4.78 is 8.12. The number of carbonyl (C=O) groups is 1. The van der Waals surface area contributed by atoms with Gasteiger partial charge in [0.2, 0.25) is 5.91 Å². The van der Waals surface area contributed by atoms with E-state index in [-0.39, 0.29) is 23.5 Å². The Labute approximate surface area is 155 Å². The molecule has 0 saturated carbocycles. The minimum atomic E-state index is -0.364. The summed E-state index contributed by atoms with van der Waals surface area (Å²) in [6, 6.07) is 8.05. The van der Waals surface area contributed by atoms with Crippen LogP contribution in [0.1, 0.15) is 11.1 Å². The summed E-state index contributed by atoms with van der Waals surface area (Å²) in [5.41, 5.74) is 2.43. The highest BCUT2D eigenvalue weighted by Gasteiger charge is 2.19. The van der Waals surface area contributed by atoms with E-state index in [1.165, 1.54) is 16.5 Å². The van der Waals surface area contributed by atoms with Crippen LogP contribution in [-0.4, -0.2) is 61.7 Å². The Morgan fingerprint density at radius 1 is 1.19 bits per heavy atom. The Bertz CT molecular complexity index is 1020. The van der Waals surface area contributed by atoms with Crippen LogP contribution in [0.4, 0.5) is 0 Å². The Hall–Kier alpha value is -3.07. The lowest BCUT2D eigenvalue weighted by atomic mass is 10.1. The van der Waals surface area contributed by atoms with Crippen LogP contribution in [0, 0.1) is 6.92 Å². The molecule has 9 heteroatoms. The number of aromatic nitrogens is 5. The van der Waals surface area contributed by atoms with E-state index in [0.29, 0.717) is 38.5 Å². The van der Waals surface area contributed by atoms with Crippen LogP contribution < -0.4 is 5.56 Å². The molecular formula is C18H20N6O3. The second-order valence-electron chi connectivity index (χ2n) is 6.58. The quantitative estimate of drug-likeness (QED) is 0.653. The van der Waals surface area contributed by atoms with Gasteiger partial charge in [-0.3, -0.25) is 14.2 Å². The van der Waals surface area contributed by atoms with Crippen molar-refractivity contribution in [3.05, 3.63) is 52.1 Å². The lowest BCUT2D eigenvalue weighted by molar-refractivity contribution is -0.135. The Kier molecular flexibility index (Phi) is 4.68. The average molecular weight is 368 g/mol. The minimum absolute atomic E-state index is 0.0629. The molecule has 0 aliphatic carbocycles. The summed E-state index contributed by atoms with van der Waals surface area (Å²) >= 11 is 0. The third-order valence-corrected chi connectivity index (χ3v) is 4.61. The maximum atomic E-state index is 12.7. The standard InChI is InChI=1S/C18H20N6O3/c1-13-2-4-14(5-3-13)10-24-17-16(20-21-24)18(26)23(12-19-17)11-15(25)22-6-8-27-9-7-22/h2-5,12H,6-11H2,1H3. The molecule has 0 bridgehead atoms. The SMILES string of the molecule is Cc1ccc(Cn2nnc3c(=O)n(CC(=O)N4CCOCC4)cnc32)cc1. The van der Waals surface area contributed by atoms with Crippen LogP contribution in [0.2, 0.25) is 0 Å². The molecule has 1 saturated heterocycles. The normalized spacial score (nSPS) is 14.6. The summed E-state index contributed by atoms with van der Waals surface area (Å²) in [7, 11) is 0. The van der Waals surface area contributed by atoms with Gasteiger partial charge in [0.05, 0.1) is 19.8 Å². The van der Waals surface area contributed by atoms with Gasteiger partial charge in [0.1, 0.15) is 12.9 Å². The molecule has 27 heavy (non-hydrogen) atoms. The molecule has 9 nitrogen and oxygen atoms in total. The summed E-state index contributed by atoms with van der Waals surface area (Å²) in [4.78, 5) is 31.0. The van der Waals surface area contributed by atoms with Gasteiger partial charge in [-0.05, 0) is 12.5 Å². The second kappa shape index (κ2) is 7.28. The maximum Gasteiger partial charge on any atom is 0.283 e. The number of benzene rings is 1. The molecule has 1 aliphatic heterocycles. The van der Waals surface area contributed by atoms with Crippen molar-refractivity contribution in [3.63, 3.8) is 0 Å². The van der Waals surface area contributed by atoms with Gasteiger partial charge in [-0.15, -0.1) is 5.10 Å². The molecule has 1 aliphatic rings. The van der Waals surface area contributed by atoms with Gasteiger partial charge in [-0.25, -0.2) is 9.67 Å². The average Bonchev–Trinajstić information content (AvgIpc) is 3.10. The molecule has 3 aromatic rings. The monoisotopic (exact) mass is 368 g/mol. The first-order valence-electron chi connectivity index (χ1n) is 8.81. The van der Waals surface area contributed by atoms with E-state index in [4.69, 9.17) is 4.74 Å². The summed E-state index contributed by atoms with van der Waals surface area (Å²) in [5.74, 6) is -0.131. The van der Waals surface area contributed by atoms with Crippen molar-refractivity contribution in [1.82, 2.24) is 29.4 Å². The largest absolute Gasteiger partial charge is 0.378 e. The molecule has 0 N–H and O–H groups in total. The van der Waals surface area contributed by atoms with E-state index in [9.17, 15) is 9.59 Å². The fraction of sp³-hybridized carbons (Fsp3) is 0.389. The van der Waals surface area contributed by atoms with Crippen molar-refractivity contribution in [2.45, 2.75) is 20.0 Å². The fourth-order valence-electron chi connectivity index (χ4n) is 3.03. The third-order valence-electron chi connectivity index (χ3n) is 4.61.